The van der Waals surface area contributed by atoms with Crippen molar-refractivity contribution in [2.75, 3.05) is 0 Å². The van der Waals surface area contributed by atoms with Gasteiger partial charge in [-0.05, 0) is 37.0 Å². The smallest absolute Gasteiger partial charge is 0.211 e. The zero-order valence-electron chi connectivity index (χ0n) is 8.71. The highest BCUT2D eigenvalue weighted by atomic mass is 16.1. The normalized spacial score (nSPS) is 9.57. The molecule has 0 aliphatic carbocycles. The molecule has 0 atom stereocenters. The summed E-state index contributed by atoms with van der Waals surface area (Å²) in [6, 6.07) is 6.00. The summed E-state index contributed by atoms with van der Waals surface area (Å²) in [7, 11) is 0. The number of isocyanates is 1. The number of hydrogen-bond acceptors (Lipinski definition) is 2. The Bertz CT molecular complexity index is 351. The molecule has 0 radical (unpaired) electrons. The Morgan fingerprint density at radius 3 is 2.79 bits per heavy atom. The fourth-order valence-corrected chi connectivity index (χ4v) is 1.43. The van der Waals surface area contributed by atoms with Gasteiger partial charge in [-0.3, -0.25) is 0 Å². The molecule has 0 saturated carbocycles. The van der Waals surface area contributed by atoms with Gasteiger partial charge in [0.2, 0.25) is 6.08 Å². The summed E-state index contributed by atoms with van der Waals surface area (Å²) in [5, 5.41) is 0. The summed E-state index contributed by atoms with van der Waals surface area (Å²) < 4.78 is 0. The van der Waals surface area contributed by atoms with Crippen LogP contribution in [0.25, 0.3) is 0 Å². The van der Waals surface area contributed by atoms with Crippen molar-refractivity contribution in [3.63, 3.8) is 0 Å². The van der Waals surface area contributed by atoms with Crippen molar-refractivity contribution in [1.82, 2.24) is 0 Å². The number of nitrogens with zero attached hydrogens (tertiary/aromatic N) is 1. The summed E-state index contributed by atoms with van der Waals surface area (Å²) in [6.07, 6.45) is 5.07. The van der Waals surface area contributed by atoms with Crippen molar-refractivity contribution in [3.8, 4) is 0 Å². The highest BCUT2D eigenvalue weighted by Crippen LogP contribution is 2.19. The lowest BCUT2D eigenvalue weighted by Crippen LogP contribution is -1.85. The van der Waals surface area contributed by atoms with Crippen molar-refractivity contribution in [3.05, 3.63) is 29.3 Å². The van der Waals surface area contributed by atoms with Gasteiger partial charge < -0.3 is 0 Å². The van der Waals surface area contributed by atoms with Gasteiger partial charge in [-0.1, -0.05) is 25.5 Å². The lowest BCUT2D eigenvalue weighted by Gasteiger charge is -2.03. The topological polar surface area (TPSA) is 29.4 Å². The molecule has 1 aromatic rings. The van der Waals surface area contributed by atoms with Gasteiger partial charge in [0.05, 0.1) is 5.69 Å². The molecule has 0 aliphatic heterocycles. The Morgan fingerprint density at radius 1 is 1.43 bits per heavy atom. The van der Waals surface area contributed by atoms with Crippen molar-refractivity contribution in [1.29, 1.82) is 0 Å². The average molecular weight is 189 g/mol. The van der Waals surface area contributed by atoms with Crippen LogP contribution in [0.1, 0.15) is 30.9 Å². The van der Waals surface area contributed by atoms with E-state index in [-0.39, 0.29) is 0 Å². The van der Waals surface area contributed by atoms with Crippen molar-refractivity contribution in [2.24, 2.45) is 4.99 Å². The molecule has 2 heteroatoms. The second kappa shape index (κ2) is 5.36. The van der Waals surface area contributed by atoms with Gasteiger partial charge in [-0.2, -0.15) is 4.99 Å². The van der Waals surface area contributed by atoms with Crippen LogP contribution < -0.4 is 0 Å². The summed E-state index contributed by atoms with van der Waals surface area (Å²) in [5.74, 6) is 0. The van der Waals surface area contributed by atoms with E-state index >= 15 is 0 Å². The maximum atomic E-state index is 10.1. The zero-order chi connectivity index (χ0) is 10.4. The van der Waals surface area contributed by atoms with Crippen LogP contribution in [0.15, 0.2) is 23.2 Å². The Hall–Kier alpha value is -1.40. The van der Waals surface area contributed by atoms with E-state index in [1.54, 1.807) is 6.08 Å². The number of rotatable bonds is 4. The molecule has 0 saturated heterocycles. The van der Waals surface area contributed by atoms with Gasteiger partial charge in [0, 0.05) is 0 Å². The molecule has 0 aliphatic rings. The fourth-order valence-electron chi connectivity index (χ4n) is 1.43. The van der Waals surface area contributed by atoms with Crippen LogP contribution in [0.4, 0.5) is 5.69 Å². The number of benzene rings is 1. The number of unbranched alkanes of at least 4 members (excludes halogenated alkanes) is 1. The third kappa shape index (κ3) is 2.82. The number of aliphatic imine (C=N–C) groups is 1. The molecule has 2 nitrogen and oxygen atoms in total. The van der Waals surface area contributed by atoms with Crippen LogP contribution in [0, 0.1) is 6.92 Å². The van der Waals surface area contributed by atoms with E-state index in [2.05, 4.69) is 18.0 Å². The highest BCUT2D eigenvalue weighted by Gasteiger charge is 1.98. The number of carbonyl (C=O) groups excluding carboxylic acids is 1. The lowest BCUT2D eigenvalue weighted by molar-refractivity contribution is 0.565. The van der Waals surface area contributed by atoms with E-state index in [0.29, 0.717) is 0 Å². The molecule has 74 valence electrons. The molecule has 0 unspecified atom stereocenters. The molecule has 0 heterocycles. The molecule has 0 N–H and O–H groups in total. The molecule has 1 rings (SSSR count). The predicted molar refractivity (Wildman–Crippen MR) is 57.6 cm³/mol. The van der Waals surface area contributed by atoms with E-state index in [9.17, 15) is 4.79 Å². The van der Waals surface area contributed by atoms with E-state index in [1.807, 2.05) is 19.1 Å². The molecule has 0 fully saturated rings. The summed E-state index contributed by atoms with van der Waals surface area (Å²) in [4.78, 5) is 13.7. The largest absolute Gasteiger partial charge is 0.240 e. The highest BCUT2D eigenvalue weighted by molar-refractivity contribution is 5.54. The standard InChI is InChI=1S/C12H15NO/c1-3-4-5-11-6-7-12(13-9-14)10(2)8-11/h6-8H,3-5H2,1-2H3. The first-order chi connectivity index (χ1) is 6.77. The molecule has 0 amide bonds. The molecule has 14 heavy (non-hydrogen) atoms. The first kappa shape index (κ1) is 10.7. The first-order valence-electron chi connectivity index (χ1n) is 4.95. The Morgan fingerprint density at radius 2 is 2.21 bits per heavy atom. The molecule has 1 aromatic carbocycles. The SMILES string of the molecule is CCCCc1ccc(N=C=O)c(C)c1. The van der Waals surface area contributed by atoms with E-state index in [4.69, 9.17) is 0 Å². The Balaban J connectivity index is 2.83. The maximum Gasteiger partial charge on any atom is 0.240 e. The third-order valence-electron chi connectivity index (χ3n) is 2.25. The summed E-state index contributed by atoms with van der Waals surface area (Å²) in [6.45, 7) is 4.14. The van der Waals surface area contributed by atoms with Gasteiger partial charge in [0.1, 0.15) is 0 Å². The second-order valence-electron chi connectivity index (χ2n) is 3.43. The van der Waals surface area contributed by atoms with Gasteiger partial charge in [-0.15, -0.1) is 0 Å². The van der Waals surface area contributed by atoms with Gasteiger partial charge in [0.15, 0.2) is 0 Å². The van der Waals surface area contributed by atoms with Crippen LogP contribution in [0.2, 0.25) is 0 Å². The van der Waals surface area contributed by atoms with Gasteiger partial charge in [-0.25, -0.2) is 4.79 Å². The van der Waals surface area contributed by atoms with Crippen LogP contribution in [0.5, 0.6) is 0 Å². The minimum atomic E-state index is 0.722. The third-order valence-corrected chi connectivity index (χ3v) is 2.25. The van der Waals surface area contributed by atoms with Gasteiger partial charge >= 0.3 is 0 Å². The quantitative estimate of drug-likeness (QED) is 0.527. The predicted octanol–water partition coefficient (Wildman–Crippen LogP) is 3.30. The minimum Gasteiger partial charge on any atom is -0.211 e. The van der Waals surface area contributed by atoms with Crippen LogP contribution >= 0.6 is 0 Å². The summed E-state index contributed by atoms with van der Waals surface area (Å²) >= 11 is 0. The molecular weight excluding hydrogens is 174 g/mol. The van der Waals surface area contributed by atoms with Crippen LogP contribution in [0.3, 0.4) is 0 Å². The van der Waals surface area contributed by atoms with Gasteiger partial charge in [0.25, 0.3) is 0 Å². The number of hydrogen-bond donors (Lipinski definition) is 0. The summed E-state index contributed by atoms with van der Waals surface area (Å²) in [5.41, 5.74) is 3.08. The maximum absolute atomic E-state index is 10.1. The first-order valence-corrected chi connectivity index (χ1v) is 4.95. The zero-order valence-corrected chi connectivity index (χ0v) is 8.71. The monoisotopic (exact) mass is 189 g/mol. The van der Waals surface area contributed by atoms with E-state index in [0.717, 1.165) is 17.7 Å². The molecule has 0 aromatic heterocycles. The second-order valence-corrected chi connectivity index (χ2v) is 3.43. The van der Waals surface area contributed by atoms with Crippen molar-refractivity contribution >= 4 is 11.8 Å². The van der Waals surface area contributed by atoms with Crippen LogP contribution in [-0.4, -0.2) is 6.08 Å². The molecule has 0 spiro atoms. The lowest BCUT2D eigenvalue weighted by atomic mass is 10.0. The number of aryl methyl sites for hydroxylation is 2. The molecule has 0 bridgehead atoms. The van der Waals surface area contributed by atoms with E-state index in [1.165, 1.54) is 18.4 Å². The van der Waals surface area contributed by atoms with E-state index < -0.39 is 0 Å². The van der Waals surface area contributed by atoms with Crippen LogP contribution in [-0.2, 0) is 11.2 Å². The fraction of sp³-hybridized carbons (Fsp3) is 0.417. The Kier molecular flexibility index (Phi) is 4.09. The minimum absolute atomic E-state index is 0.722. The molecular formula is C12H15NO. The van der Waals surface area contributed by atoms with Crippen molar-refractivity contribution < 1.29 is 4.79 Å². The Labute approximate surface area is 84.7 Å². The average Bonchev–Trinajstić information content (AvgIpc) is 2.19. The van der Waals surface area contributed by atoms with Crippen molar-refractivity contribution in [2.45, 2.75) is 33.1 Å².